The number of hydrogen-bond acceptors (Lipinski definition) is 20. The third-order valence-corrected chi connectivity index (χ3v) is 20.7. The van der Waals surface area contributed by atoms with Crippen LogP contribution in [0.2, 0.25) is 0 Å². The molecule has 7 atom stereocenters. The molecule has 1 unspecified atom stereocenters. The zero-order valence-corrected chi connectivity index (χ0v) is 59.3. The number of carbonyl (C=O) groups is 13. The number of primary amides is 1. The molecule has 2 aromatic rings. The minimum absolute atomic E-state index is 0.0328. The molecule has 0 aromatic heterocycles. The first kappa shape index (κ1) is 81.3. The molecule has 2 aromatic carbocycles. The predicted octanol–water partition coefficient (Wildman–Crippen LogP) is 0.319. The average Bonchev–Trinajstić information content (AvgIpc) is 1.63. The van der Waals surface area contributed by atoms with Gasteiger partial charge in [0.2, 0.25) is 53.2 Å². The second-order valence-electron chi connectivity index (χ2n) is 25.3. The summed E-state index contributed by atoms with van der Waals surface area (Å²) >= 11 is 4.15. The van der Waals surface area contributed by atoms with Crippen LogP contribution in [-0.2, 0) is 86.0 Å². The molecule has 2 bridgehead atoms. The number of aliphatic imine (C=N–C) groups is 1. The number of aliphatic carboxylic acids is 4. The summed E-state index contributed by atoms with van der Waals surface area (Å²) in [7, 11) is 0. The van der Waals surface area contributed by atoms with Crippen molar-refractivity contribution in [2.75, 3.05) is 115 Å². The highest BCUT2D eigenvalue weighted by Crippen LogP contribution is 2.29. The first-order chi connectivity index (χ1) is 47.9. The van der Waals surface area contributed by atoms with Gasteiger partial charge < -0.3 is 62.5 Å². The first-order valence-electron chi connectivity index (χ1n) is 34.0. The van der Waals surface area contributed by atoms with Crippen LogP contribution in [0.3, 0.4) is 0 Å². The summed E-state index contributed by atoms with van der Waals surface area (Å²) < 4.78 is 0. The molecule has 0 spiro atoms. The van der Waals surface area contributed by atoms with Gasteiger partial charge in [-0.25, -0.2) is 9.79 Å². The van der Waals surface area contributed by atoms with Crippen LogP contribution in [0.15, 0.2) is 53.5 Å². The van der Waals surface area contributed by atoms with Gasteiger partial charge in [-0.3, -0.25) is 77.1 Å². The van der Waals surface area contributed by atoms with Crippen LogP contribution in [0.1, 0.15) is 100 Å². The average molecular weight is 1450 g/mol. The van der Waals surface area contributed by atoms with E-state index in [2.05, 4.69) is 31.6 Å². The fourth-order valence-corrected chi connectivity index (χ4v) is 14.9. The molecule has 550 valence electrons. The minimum atomic E-state index is -1.48. The van der Waals surface area contributed by atoms with Gasteiger partial charge in [0.15, 0.2) is 0 Å². The van der Waals surface area contributed by atoms with Crippen LogP contribution < -0.4 is 32.3 Å². The molecule has 3 fully saturated rings. The molecule has 4 aliphatic heterocycles. The Balaban J connectivity index is 1.25. The van der Waals surface area contributed by atoms with Crippen molar-refractivity contribution in [3.05, 3.63) is 70.8 Å². The molecule has 11 N–H and O–H groups in total. The number of nitrogens with one attached hydrogen (secondary N) is 5. The lowest BCUT2D eigenvalue weighted by molar-refractivity contribution is -0.147. The zero-order valence-electron chi connectivity index (χ0n) is 56.9. The van der Waals surface area contributed by atoms with Crippen LogP contribution in [-0.4, -0.2) is 285 Å². The molecule has 6 rings (SSSR count). The van der Waals surface area contributed by atoms with E-state index in [-0.39, 0.29) is 160 Å². The molecule has 4 heterocycles. The number of carboxylic acid groups (broad SMARTS) is 4. The van der Waals surface area contributed by atoms with Crippen LogP contribution >= 0.6 is 35.3 Å². The Bertz CT molecular complexity index is 3160. The normalized spacial score (nSPS) is 23.3. The van der Waals surface area contributed by atoms with Gasteiger partial charge >= 0.3 is 23.9 Å². The van der Waals surface area contributed by atoms with E-state index in [4.69, 9.17) is 5.73 Å². The molecule has 33 heteroatoms. The lowest BCUT2D eigenvalue weighted by atomic mass is 10.0. The van der Waals surface area contributed by atoms with Gasteiger partial charge in [-0.1, -0.05) is 68.8 Å². The Labute approximate surface area is 595 Å². The Hall–Kier alpha value is -7.69. The highest BCUT2D eigenvalue weighted by atomic mass is 32.2. The lowest BCUT2D eigenvalue weighted by Crippen LogP contribution is -2.59. The second-order valence-corrected chi connectivity index (χ2v) is 28.5. The number of hydrogen-bond donors (Lipinski definition) is 10. The summed E-state index contributed by atoms with van der Waals surface area (Å²) in [5.41, 5.74) is 8.61. The summed E-state index contributed by atoms with van der Waals surface area (Å²) in [6.45, 7) is 5.17. The number of benzene rings is 2. The summed E-state index contributed by atoms with van der Waals surface area (Å²) in [4.78, 5) is 188. The number of carbonyl (C=O) groups excluding carboxylic acids is 9. The molecule has 30 nitrogen and oxygen atoms in total. The van der Waals surface area contributed by atoms with Gasteiger partial charge in [0.25, 0.3) is 0 Å². The number of rotatable bonds is 24. The third kappa shape index (κ3) is 28.0. The fraction of sp³-hybridized carbons (Fsp3) is 0.612. The van der Waals surface area contributed by atoms with E-state index in [1.165, 1.54) is 51.3 Å². The Kier molecular flexibility index (Phi) is 34.6. The number of nitrogens with two attached hydrogens (primary N) is 1. The van der Waals surface area contributed by atoms with Crippen LogP contribution in [0, 0.1) is 5.92 Å². The van der Waals surface area contributed by atoms with Crippen molar-refractivity contribution in [1.82, 2.24) is 56.0 Å². The van der Waals surface area contributed by atoms with Gasteiger partial charge in [0.1, 0.15) is 36.3 Å². The molecular formula is C67H97N13O17S3. The van der Waals surface area contributed by atoms with Crippen molar-refractivity contribution in [3.8, 4) is 0 Å². The maximum atomic E-state index is 14.9. The van der Waals surface area contributed by atoms with Gasteiger partial charge in [0.05, 0.1) is 32.1 Å². The predicted molar refractivity (Wildman–Crippen MR) is 377 cm³/mol. The van der Waals surface area contributed by atoms with Crippen LogP contribution in [0.4, 0.5) is 0 Å². The van der Waals surface area contributed by atoms with E-state index in [1.54, 1.807) is 52.0 Å². The van der Waals surface area contributed by atoms with Crippen molar-refractivity contribution < 1.29 is 82.8 Å². The number of amides is 9. The van der Waals surface area contributed by atoms with E-state index in [1.807, 2.05) is 30.0 Å². The van der Waals surface area contributed by atoms with E-state index in [0.717, 1.165) is 23.1 Å². The van der Waals surface area contributed by atoms with Crippen LogP contribution in [0.5, 0.6) is 0 Å². The summed E-state index contributed by atoms with van der Waals surface area (Å²) in [5.74, 6) is -9.55. The standard InChI is InChI=1S/C67H97N13O17S3/c1-3-5-15-56(82)70-34-48-42-99-40-46-30-45(39-98-29-18-69-57(83)35-75-21-23-76(36-58(84)85)25-27-78(38-60(88)89)28-26-77(24-22-75)37-59(86)87)31-47(32-46)41-100-43-52(67(96)97)74-63(92)51(33-44-11-7-6-8-12-44)73-62(91)50(16-17-55(68)81)72-61(90)49(4-2)71-64(93)53-13-9-19-79(53)66(95)54-14-10-20-80(54)65(48)94/h6-8,11-12,30-32,34,48-54H,3-5,9-10,13-29,33,35-43H2,1-2H3,(H2,68,81)(H,69,83)(H,71,93)(H,72,90)(H,73,91)(H,74,92)(H,84,85)(H,86,87)(H,88,89)(H,96,97)/t48?,49-,50-,51-,52-,53-,54-/m0/s1. The quantitative estimate of drug-likeness (QED) is 0.0500. The number of thioether (sulfide) groups is 3. The van der Waals surface area contributed by atoms with Crippen molar-refractivity contribution in [3.63, 3.8) is 0 Å². The third-order valence-electron chi connectivity index (χ3n) is 17.4. The lowest BCUT2D eigenvalue weighted by Gasteiger charge is -2.32. The van der Waals surface area contributed by atoms with Gasteiger partial charge in [-0.05, 0) is 67.2 Å². The molecule has 4 aliphatic rings. The van der Waals surface area contributed by atoms with Crippen molar-refractivity contribution in [2.45, 2.75) is 138 Å². The molecule has 100 heavy (non-hydrogen) atoms. The largest absolute Gasteiger partial charge is 0.480 e. The molecule has 0 aliphatic carbocycles. The smallest absolute Gasteiger partial charge is 0.327 e. The highest BCUT2D eigenvalue weighted by molar-refractivity contribution is 7.99. The number of nitrogens with zero attached hydrogens (tertiary/aromatic N) is 7. The minimum Gasteiger partial charge on any atom is -0.480 e. The highest BCUT2D eigenvalue weighted by Gasteiger charge is 2.44. The van der Waals surface area contributed by atoms with Gasteiger partial charge in [-0.2, -0.15) is 35.3 Å². The molecule has 3 saturated heterocycles. The van der Waals surface area contributed by atoms with E-state index in [9.17, 15) is 82.8 Å². The van der Waals surface area contributed by atoms with Gasteiger partial charge in [0, 0.05) is 132 Å². The topological polar surface area (TPSA) is 421 Å². The summed E-state index contributed by atoms with van der Waals surface area (Å²) in [6, 6.07) is 6.98. The number of unbranched alkanes of at least 4 members (excludes halogenated alkanes) is 1. The van der Waals surface area contributed by atoms with E-state index >= 15 is 0 Å². The Morgan fingerprint density at radius 1 is 0.610 bits per heavy atom. The maximum Gasteiger partial charge on any atom is 0.327 e. The number of fused-ring (bicyclic) bond motifs is 4. The molecule has 9 amide bonds. The summed E-state index contributed by atoms with van der Waals surface area (Å²) in [5, 5.41) is 53.0. The van der Waals surface area contributed by atoms with Gasteiger partial charge in [-0.15, -0.1) is 0 Å². The second kappa shape index (κ2) is 42.5. The van der Waals surface area contributed by atoms with Crippen molar-refractivity contribution in [2.24, 2.45) is 16.6 Å². The molecular weight excluding hydrogens is 1360 g/mol. The number of carboxylic acids is 4. The van der Waals surface area contributed by atoms with E-state index < -0.39 is 113 Å². The monoisotopic (exact) mass is 1450 g/mol. The zero-order chi connectivity index (χ0) is 72.7. The molecule has 0 radical (unpaired) electrons. The Morgan fingerprint density at radius 3 is 1.68 bits per heavy atom. The van der Waals surface area contributed by atoms with Crippen LogP contribution in [0.25, 0.3) is 0 Å². The van der Waals surface area contributed by atoms with Crippen molar-refractivity contribution >= 4 is 119 Å². The Morgan fingerprint density at radius 2 is 1.13 bits per heavy atom. The summed E-state index contributed by atoms with van der Waals surface area (Å²) in [6.07, 6.45) is 3.60. The fourth-order valence-electron chi connectivity index (χ4n) is 12.1. The maximum absolute atomic E-state index is 14.9. The first-order valence-corrected chi connectivity index (χ1v) is 37.5. The SMILES string of the molecule is CCCCC(=O)N=CC1CSCc2cc(CSCCNC(=O)CN3CCN(CC(=O)O)CCN(CC(=O)O)CCN(CC(=O)O)CC3)cc(c2)CSC[C@@H](C(=O)O)NC(=O)[C@H](Cc2ccccc2)NC(=O)[C@H](CCC(N)=O)NC(=O)[C@H](CC)NC(=O)[C@@H]2CCCN2C(=O)[C@@H]2CCCN2C1=O. The van der Waals surface area contributed by atoms with E-state index in [0.29, 0.717) is 48.5 Å². The van der Waals surface area contributed by atoms with Crippen molar-refractivity contribution in [1.29, 1.82) is 0 Å². The molecule has 0 saturated carbocycles.